The van der Waals surface area contributed by atoms with Gasteiger partial charge in [-0.3, -0.25) is 0 Å². The Kier molecular flexibility index (Phi) is 6.99. The molecule has 0 fully saturated rings. The lowest BCUT2D eigenvalue weighted by atomic mass is 10.0. The zero-order valence-electron chi connectivity index (χ0n) is 12.0. The van der Waals surface area contributed by atoms with E-state index in [0.29, 0.717) is 6.54 Å². The number of aryl methyl sites for hydroxylation is 2. The molecular weight excluding hydrogens is 222 g/mol. The molecule has 2 N–H and O–H groups in total. The van der Waals surface area contributed by atoms with E-state index >= 15 is 0 Å². The topological polar surface area (TPSA) is 32.3 Å². The maximum absolute atomic E-state index is 10.1. The first-order chi connectivity index (χ1) is 8.65. The Bertz CT molecular complexity index is 349. The third-order valence-electron chi connectivity index (χ3n) is 3.46. The number of hydrogen-bond acceptors (Lipinski definition) is 2. The summed E-state index contributed by atoms with van der Waals surface area (Å²) in [6, 6.07) is 6.18. The van der Waals surface area contributed by atoms with Crippen LogP contribution in [0.15, 0.2) is 18.2 Å². The van der Waals surface area contributed by atoms with Crippen LogP contribution in [0.1, 0.15) is 55.4 Å². The van der Waals surface area contributed by atoms with Crippen molar-refractivity contribution in [1.29, 1.82) is 0 Å². The maximum Gasteiger partial charge on any atom is 0.0914 e. The van der Waals surface area contributed by atoms with Crippen LogP contribution in [-0.4, -0.2) is 18.2 Å². The minimum absolute atomic E-state index is 0.393. The number of hydrogen-bond donors (Lipinski definition) is 2. The molecule has 0 aliphatic heterocycles. The number of benzene rings is 1. The van der Waals surface area contributed by atoms with E-state index in [9.17, 15) is 5.11 Å². The van der Waals surface area contributed by atoms with Crippen molar-refractivity contribution < 1.29 is 5.11 Å². The van der Waals surface area contributed by atoms with E-state index < -0.39 is 6.10 Å². The smallest absolute Gasteiger partial charge is 0.0914 e. The summed E-state index contributed by atoms with van der Waals surface area (Å²) in [6.07, 6.45) is 4.67. The van der Waals surface area contributed by atoms with Gasteiger partial charge in [-0.2, -0.15) is 0 Å². The van der Waals surface area contributed by atoms with E-state index in [0.717, 1.165) is 12.1 Å². The van der Waals surface area contributed by atoms with Crippen LogP contribution in [0.4, 0.5) is 0 Å². The molecular formula is C16H27NO. The molecule has 0 amide bonds. The standard InChI is InChI=1S/C16H27NO/c1-4-5-6-7-10-17-12-16(18)15-9-8-13(2)14(3)11-15/h8-9,11,16-18H,4-7,10,12H2,1-3H3. The highest BCUT2D eigenvalue weighted by Crippen LogP contribution is 2.16. The van der Waals surface area contributed by atoms with Crippen LogP contribution in [-0.2, 0) is 0 Å². The summed E-state index contributed by atoms with van der Waals surface area (Å²) in [5, 5.41) is 13.4. The Hall–Kier alpha value is -0.860. The summed E-state index contributed by atoms with van der Waals surface area (Å²) >= 11 is 0. The fraction of sp³-hybridized carbons (Fsp3) is 0.625. The van der Waals surface area contributed by atoms with Gasteiger partial charge in [0.25, 0.3) is 0 Å². The van der Waals surface area contributed by atoms with E-state index in [1.807, 2.05) is 6.07 Å². The Labute approximate surface area is 111 Å². The van der Waals surface area contributed by atoms with Gasteiger partial charge in [0.2, 0.25) is 0 Å². The van der Waals surface area contributed by atoms with E-state index in [1.165, 1.54) is 36.8 Å². The monoisotopic (exact) mass is 249 g/mol. The Morgan fingerprint density at radius 3 is 2.56 bits per heavy atom. The Morgan fingerprint density at radius 2 is 1.89 bits per heavy atom. The van der Waals surface area contributed by atoms with Crippen molar-refractivity contribution in [3.8, 4) is 0 Å². The molecule has 2 heteroatoms. The first-order valence-corrected chi connectivity index (χ1v) is 7.11. The van der Waals surface area contributed by atoms with Crippen molar-refractivity contribution in [3.63, 3.8) is 0 Å². The van der Waals surface area contributed by atoms with Crippen molar-refractivity contribution in [1.82, 2.24) is 5.32 Å². The maximum atomic E-state index is 10.1. The lowest BCUT2D eigenvalue weighted by molar-refractivity contribution is 0.174. The highest BCUT2D eigenvalue weighted by atomic mass is 16.3. The summed E-state index contributed by atoms with van der Waals surface area (Å²) < 4.78 is 0. The first kappa shape index (κ1) is 15.2. The van der Waals surface area contributed by atoms with Crippen LogP contribution >= 0.6 is 0 Å². The quantitative estimate of drug-likeness (QED) is 0.691. The SMILES string of the molecule is CCCCCCNCC(O)c1ccc(C)c(C)c1. The highest BCUT2D eigenvalue weighted by molar-refractivity contribution is 5.31. The minimum atomic E-state index is -0.393. The summed E-state index contributed by atoms with van der Waals surface area (Å²) in [5.74, 6) is 0. The molecule has 1 rings (SSSR count). The lowest BCUT2D eigenvalue weighted by Crippen LogP contribution is -2.22. The molecule has 1 atom stereocenters. The molecule has 1 aromatic carbocycles. The van der Waals surface area contributed by atoms with Crippen LogP contribution < -0.4 is 5.32 Å². The van der Waals surface area contributed by atoms with Crippen LogP contribution in [0.2, 0.25) is 0 Å². The second-order valence-corrected chi connectivity index (χ2v) is 5.12. The third-order valence-corrected chi connectivity index (χ3v) is 3.46. The molecule has 102 valence electrons. The molecule has 1 unspecified atom stereocenters. The van der Waals surface area contributed by atoms with Gasteiger partial charge in [0.15, 0.2) is 0 Å². The molecule has 0 radical (unpaired) electrons. The van der Waals surface area contributed by atoms with Crippen LogP contribution in [0.5, 0.6) is 0 Å². The molecule has 0 aliphatic carbocycles. The molecule has 2 nitrogen and oxygen atoms in total. The summed E-state index contributed by atoms with van der Waals surface area (Å²) in [5.41, 5.74) is 3.53. The number of rotatable bonds is 8. The van der Waals surface area contributed by atoms with Gasteiger partial charge in [-0.15, -0.1) is 0 Å². The van der Waals surface area contributed by atoms with E-state index in [2.05, 4.69) is 38.2 Å². The van der Waals surface area contributed by atoms with Crippen molar-refractivity contribution in [2.24, 2.45) is 0 Å². The molecule has 0 saturated heterocycles. The fourth-order valence-corrected chi connectivity index (χ4v) is 2.01. The zero-order chi connectivity index (χ0) is 13.4. The molecule has 0 heterocycles. The van der Waals surface area contributed by atoms with Gasteiger partial charge in [-0.1, -0.05) is 44.4 Å². The van der Waals surface area contributed by atoms with Gasteiger partial charge in [0, 0.05) is 6.54 Å². The van der Waals surface area contributed by atoms with E-state index in [4.69, 9.17) is 0 Å². The number of nitrogens with one attached hydrogen (secondary N) is 1. The second-order valence-electron chi connectivity index (χ2n) is 5.12. The summed E-state index contributed by atoms with van der Waals surface area (Å²) in [4.78, 5) is 0. The van der Waals surface area contributed by atoms with Gasteiger partial charge in [0.05, 0.1) is 6.10 Å². The molecule has 0 bridgehead atoms. The average Bonchev–Trinajstić information content (AvgIpc) is 2.36. The van der Waals surface area contributed by atoms with Crippen LogP contribution in [0.25, 0.3) is 0 Å². The summed E-state index contributed by atoms with van der Waals surface area (Å²) in [7, 11) is 0. The van der Waals surface area contributed by atoms with Crippen molar-refractivity contribution in [2.45, 2.75) is 52.6 Å². The zero-order valence-corrected chi connectivity index (χ0v) is 12.0. The molecule has 0 spiro atoms. The largest absolute Gasteiger partial charge is 0.387 e. The van der Waals surface area contributed by atoms with E-state index in [-0.39, 0.29) is 0 Å². The lowest BCUT2D eigenvalue weighted by Gasteiger charge is -2.13. The predicted molar refractivity (Wildman–Crippen MR) is 77.9 cm³/mol. The second kappa shape index (κ2) is 8.28. The van der Waals surface area contributed by atoms with Crippen LogP contribution in [0, 0.1) is 13.8 Å². The van der Waals surface area contributed by atoms with Crippen molar-refractivity contribution in [3.05, 3.63) is 34.9 Å². The van der Waals surface area contributed by atoms with Crippen molar-refractivity contribution in [2.75, 3.05) is 13.1 Å². The van der Waals surface area contributed by atoms with Crippen molar-refractivity contribution >= 4 is 0 Å². The normalized spacial score (nSPS) is 12.7. The Morgan fingerprint density at radius 1 is 1.11 bits per heavy atom. The van der Waals surface area contributed by atoms with Crippen LogP contribution in [0.3, 0.4) is 0 Å². The number of aliphatic hydroxyl groups is 1. The molecule has 0 aliphatic rings. The molecule has 0 saturated carbocycles. The first-order valence-electron chi connectivity index (χ1n) is 7.11. The van der Waals surface area contributed by atoms with Gasteiger partial charge >= 0.3 is 0 Å². The van der Waals surface area contributed by atoms with Gasteiger partial charge in [-0.05, 0) is 43.5 Å². The van der Waals surface area contributed by atoms with Gasteiger partial charge < -0.3 is 10.4 Å². The highest BCUT2D eigenvalue weighted by Gasteiger charge is 2.07. The fourth-order valence-electron chi connectivity index (χ4n) is 2.01. The predicted octanol–water partition coefficient (Wildman–Crippen LogP) is 3.51. The third kappa shape index (κ3) is 5.19. The van der Waals surface area contributed by atoms with Gasteiger partial charge in [0.1, 0.15) is 0 Å². The number of aliphatic hydroxyl groups excluding tert-OH is 1. The minimum Gasteiger partial charge on any atom is -0.387 e. The Balaban J connectivity index is 2.27. The molecule has 18 heavy (non-hydrogen) atoms. The summed E-state index contributed by atoms with van der Waals surface area (Å²) in [6.45, 7) is 8.05. The van der Waals surface area contributed by atoms with Gasteiger partial charge in [-0.25, -0.2) is 0 Å². The molecule has 1 aromatic rings. The van der Waals surface area contributed by atoms with E-state index in [1.54, 1.807) is 0 Å². The molecule has 0 aromatic heterocycles. The average molecular weight is 249 g/mol. The number of unbranched alkanes of at least 4 members (excludes halogenated alkanes) is 3.